The van der Waals surface area contributed by atoms with Crippen LogP contribution in [0.1, 0.15) is 12.8 Å². The fourth-order valence-corrected chi connectivity index (χ4v) is 1.14. The first-order chi connectivity index (χ1) is 5.84. The molecule has 1 atom stereocenters. The molecule has 0 radical (unpaired) electrons. The van der Waals surface area contributed by atoms with Gasteiger partial charge in [0.15, 0.2) is 0 Å². The number of rotatable bonds is 3. The SMILES string of the molecule is C#CCCNC(=O)C1CCOC1. The molecule has 1 aliphatic rings. The van der Waals surface area contributed by atoms with Crippen LogP contribution in [0, 0.1) is 18.3 Å². The molecule has 0 aromatic carbocycles. The topological polar surface area (TPSA) is 38.3 Å². The molecule has 1 heterocycles. The van der Waals surface area contributed by atoms with Crippen molar-refractivity contribution in [2.24, 2.45) is 5.92 Å². The van der Waals surface area contributed by atoms with Crippen molar-refractivity contribution in [2.75, 3.05) is 19.8 Å². The maximum absolute atomic E-state index is 11.3. The zero-order valence-corrected chi connectivity index (χ0v) is 7.01. The van der Waals surface area contributed by atoms with Gasteiger partial charge < -0.3 is 10.1 Å². The lowest BCUT2D eigenvalue weighted by molar-refractivity contribution is -0.124. The summed E-state index contributed by atoms with van der Waals surface area (Å²) in [6.45, 7) is 1.83. The summed E-state index contributed by atoms with van der Waals surface area (Å²) < 4.78 is 5.08. The molecule has 66 valence electrons. The van der Waals surface area contributed by atoms with Crippen molar-refractivity contribution in [3.05, 3.63) is 0 Å². The first-order valence-electron chi connectivity index (χ1n) is 4.13. The van der Waals surface area contributed by atoms with Gasteiger partial charge in [-0.25, -0.2) is 0 Å². The van der Waals surface area contributed by atoms with Gasteiger partial charge in [0.1, 0.15) is 0 Å². The molecular formula is C9H13NO2. The maximum atomic E-state index is 11.3. The molecule has 12 heavy (non-hydrogen) atoms. The minimum absolute atomic E-state index is 0.0442. The molecule has 1 aliphatic heterocycles. The highest BCUT2D eigenvalue weighted by molar-refractivity contribution is 5.78. The van der Waals surface area contributed by atoms with E-state index < -0.39 is 0 Å². The molecule has 0 aliphatic carbocycles. The molecule has 3 nitrogen and oxygen atoms in total. The highest BCUT2D eigenvalue weighted by atomic mass is 16.5. The number of amides is 1. The number of carbonyl (C=O) groups excluding carboxylic acids is 1. The Kier molecular flexibility index (Phi) is 3.62. The normalized spacial score (nSPS) is 21.8. The van der Waals surface area contributed by atoms with Gasteiger partial charge in [0, 0.05) is 19.6 Å². The predicted octanol–water partition coefficient (Wildman–Crippen LogP) is 0.162. The number of carbonyl (C=O) groups is 1. The molecule has 0 saturated carbocycles. The summed E-state index contributed by atoms with van der Waals surface area (Å²) in [6, 6.07) is 0. The molecule has 3 heteroatoms. The van der Waals surface area contributed by atoms with E-state index in [2.05, 4.69) is 11.2 Å². The fourth-order valence-electron chi connectivity index (χ4n) is 1.14. The monoisotopic (exact) mass is 167 g/mol. The van der Waals surface area contributed by atoms with Crippen molar-refractivity contribution < 1.29 is 9.53 Å². The highest BCUT2D eigenvalue weighted by Gasteiger charge is 2.22. The second-order valence-corrected chi connectivity index (χ2v) is 2.81. The Hall–Kier alpha value is -1.01. The van der Waals surface area contributed by atoms with E-state index >= 15 is 0 Å². The Morgan fingerprint density at radius 3 is 3.17 bits per heavy atom. The molecule has 1 amide bonds. The van der Waals surface area contributed by atoms with Gasteiger partial charge in [0.05, 0.1) is 12.5 Å². The Labute approximate surface area is 72.5 Å². The largest absolute Gasteiger partial charge is 0.381 e. The van der Waals surface area contributed by atoms with Crippen LogP contribution < -0.4 is 5.32 Å². The molecule has 0 aromatic heterocycles. The number of terminal acetylenes is 1. The van der Waals surface area contributed by atoms with E-state index in [-0.39, 0.29) is 11.8 Å². The van der Waals surface area contributed by atoms with Crippen molar-refractivity contribution in [1.82, 2.24) is 5.32 Å². The van der Waals surface area contributed by atoms with E-state index in [0.717, 1.165) is 6.42 Å². The maximum Gasteiger partial charge on any atom is 0.225 e. The zero-order valence-electron chi connectivity index (χ0n) is 7.01. The summed E-state index contributed by atoms with van der Waals surface area (Å²) in [6.07, 6.45) is 6.47. The molecule has 0 bridgehead atoms. The summed E-state index contributed by atoms with van der Waals surface area (Å²) in [5.74, 6) is 2.58. The van der Waals surface area contributed by atoms with E-state index in [1.165, 1.54) is 0 Å². The standard InChI is InChI=1S/C9H13NO2/c1-2-3-5-10-9(11)8-4-6-12-7-8/h1,8H,3-7H2,(H,10,11). The van der Waals surface area contributed by atoms with E-state index in [1.807, 2.05) is 0 Å². The lowest BCUT2D eigenvalue weighted by Crippen LogP contribution is -2.31. The predicted molar refractivity (Wildman–Crippen MR) is 45.4 cm³/mol. The van der Waals surface area contributed by atoms with Gasteiger partial charge in [-0.05, 0) is 6.42 Å². The molecule has 1 saturated heterocycles. The van der Waals surface area contributed by atoms with Crippen LogP contribution in [-0.4, -0.2) is 25.7 Å². The van der Waals surface area contributed by atoms with Crippen molar-refractivity contribution in [1.29, 1.82) is 0 Å². The van der Waals surface area contributed by atoms with Crippen LogP contribution in [0.3, 0.4) is 0 Å². The van der Waals surface area contributed by atoms with E-state index in [4.69, 9.17) is 11.2 Å². The second kappa shape index (κ2) is 4.78. The molecule has 0 spiro atoms. The third-order valence-corrected chi connectivity index (χ3v) is 1.87. The first-order valence-corrected chi connectivity index (χ1v) is 4.13. The fraction of sp³-hybridized carbons (Fsp3) is 0.667. The van der Waals surface area contributed by atoms with Gasteiger partial charge in [0.25, 0.3) is 0 Å². The smallest absolute Gasteiger partial charge is 0.225 e. The molecule has 0 aromatic rings. The van der Waals surface area contributed by atoms with Gasteiger partial charge in [0.2, 0.25) is 5.91 Å². The summed E-state index contributed by atoms with van der Waals surface area (Å²) in [5.41, 5.74) is 0. The second-order valence-electron chi connectivity index (χ2n) is 2.81. The van der Waals surface area contributed by atoms with Crippen molar-refractivity contribution >= 4 is 5.91 Å². The van der Waals surface area contributed by atoms with Crippen molar-refractivity contribution in [2.45, 2.75) is 12.8 Å². The summed E-state index contributed by atoms with van der Waals surface area (Å²) in [7, 11) is 0. The number of hydrogen-bond donors (Lipinski definition) is 1. The van der Waals surface area contributed by atoms with Crippen LogP contribution in [0.4, 0.5) is 0 Å². The summed E-state index contributed by atoms with van der Waals surface area (Å²) >= 11 is 0. The minimum Gasteiger partial charge on any atom is -0.381 e. The lowest BCUT2D eigenvalue weighted by Gasteiger charge is -2.06. The summed E-state index contributed by atoms with van der Waals surface area (Å²) in [4.78, 5) is 11.3. The van der Waals surface area contributed by atoms with Gasteiger partial charge in [-0.1, -0.05) is 0 Å². The molecule has 1 fully saturated rings. The number of ether oxygens (including phenoxy) is 1. The van der Waals surface area contributed by atoms with Crippen LogP contribution in [0.2, 0.25) is 0 Å². The van der Waals surface area contributed by atoms with E-state index in [9.17, 15) is 4.79 Å². The van der Waals surface area contributed by atoms with Gasteiger partial charge in [-0.3, -0.25) is 4.79 Å². The minimum atomic E-state index is 0.0442. The van der Waals surface area contributed by atoms with Crippen LogP contribution in [0.5, 0.6) is 0 Å². The van der Waals surface area contributed by atoms with Crippen LogP contribution >= 0.6 is 0 Å². The molecule has 1 N–H and O–H groups in total. The Bertz CT molecular complexity index is 189. The van der Waals surface area contributed by atoms with Crippen LogP contribution in [-0.2, 0) is 9.53 Å². The van der Waals surface area contributed by atoms with Crippen LogP contribution in [0.25, 0.3) is 0 Å². The molecular weight excluding hydrogens is 154 g/mol. The Morgan fingerprint density at radius 2 is 2.58 bits per heavy atom. The zero-order chi connectivity index (χ0) is 8.81. The lowest BCUT2D eigenvalue weighted by atomic mass is 10.1. The average molecular weight is 167 g/mol. The third kappa shape index (κ3) is 2.55. The summed E-state index contributed by atoms with van der Waals surface area (Å²) in [5, 5.41) is 2.76. The van der Waals surface area contributed by atoms with E-state index in [1.54, 1.807) is 0 Å². The average Bonchev–Trinajstić information content (AvgIpc) is 2.56. The van der Waals surface area contributed by atoms with E-state index in [0.29, 0.717) is 26.2 Å². The molecule has 1 rings (SSSR count). The van der Waals surface area contributed by atoms with Gasteiger partial charge >= 0.3 is 0 Å². The quantitative estimate of drug-likeness (QED) is 0.480. The first kappa shape index (κ1) is 9.08. The highest BCUT2D eigenvalue weighted by Crippen LogP contribution is 2.11. The van der Waals surface area contributed by atoms with Crippen molar-refractivity contribution in [3.63, 3.8) is 0 Å². The Morgan fingerprint density at radius 1 is 1.75 bits per heavy atom. The molecule has 1 unspecified atom stereocenters. The van der Waals surface area contributed by atoms with Crippen molar-refractivity contribution in [3.8, 4) is 12.3 Å². The Balaban J connectivity index is 2.15. The number of nitrogens with one attached hydrogen (secondary N) is 1. The van der Waals surface area contributed by atoms with Gasteiger partial charge in [-0.2, -0.15) is 0 Å². The third-order valence-electron chi connectivity index (χ3n) is 1.87. The van der Waals surface area contributed by atoms with Crippen LogP contribution in [0.15, 0.2) is 0 Å². The number of hydrogen-bond acceptors (Lipinski definition) is 2. The van der Waals surface area contributed by atoms with Gasteiger partial charge in [-0.15, -0.1) is 12.3 Å².